The van der Waals surface area contributed by atoms with Gasteiger partial charge in [0, 0.05) is 48.7 Å². The van der Waals surface area contributed by atoms with Crippen molar-refractivity contribution < 1.29 is 37.3 Å². The Hall–Kier alpha value is -5.17. The molecule has 2 aromatic heterocycles. The zero-order chi connectivity index (χ0) is 30.7. The van der Waals surface area contributed by atoms with E-state index in [1.165, 1.54) is 16.9 Å². The minimum absolute atomic E-state index is 0.0903. The van der Waals surface area contributed by atoms with E-state index in [1.54, 1.807) is 23.2 Å². The molecule has 2 aliphatic heterocycles. The summed E-state index contributed by atoms with van der Waals surface area (Å²) in [5.41, 5.74) is 2.54. The van der Waals surface area contributed by atoms with Gasteiger partial charge in [0.15, 0.2) is 17.3 Å². The number of rotatable bonds is 4. The number of hydrogen-bond acceptors (Lipinski definition) is 8. The van der Waals surface area contributed by atoms with E-state index in [-0.39, 0.29) is 36.8 Å². The summed E-state index contributed by atoms with van der Waals surface area (Å²) in [7, 11) is 2.96. The first-order valence-electron chi connectivity index (χ1n) is 13.8. The van der Waals surface area contributed by atoms with Crippen molar-refractivity contribution in [1.82, 2.24) is 14.1 Å². The number of benzene rings is 2. The van der Waals surface area contributed by atoms with Crippen molar-refractivity contribution in [3.05, 3.63) is 99.6 Å². The molecule has 226 valence electrons. The number of aryl methyl sites for hydroxylation is 1. The molecule has 2 aromatic carbocycles. The highest BCUT2D eigenvalue weighted by Gasteiger charge is 2.47. The lowest BCUT2D eigenvalue weighted by atomic mass is 9.91. The highest BCUT2D eigenvalue weighted by molar-refractivity contribution is 5.97. The molecule has 0 spiro atoms. The van der Waals surface area contributed by atoms with E-state index in [2.05, 4.69) is 4.74 Å². The molecule has 44 heavy (non-hydrogen) atoms. The zero-order valence-corrected chi connectivity index (χ0v) is 23.7. The highest BCUT2D eigenvalue weighted by atomic mass is 19.2. The fourth-order valence-electron chi connectivity index (χ4n) is 6.39. The Balaban J connectivity index is 1.50. The Labute approximate surface area is 249 Å². The molecule has 4 heterocycles. The molecule has 2 atom stereocenters. The number of halogens is 2. The predicted octanol–water partition coefficient (Wildman–Crippen LogP) is 3.77. The molecular formula is C31H26F2N4O7. The van der Waals surface area contributed by atoms with Crippen LogP contribution < -0.4 is 15.2 Å². The van der Waals surface area contributed by atoms with E-state index in [4.69, 9.17) is 14.2 Å². The van der Waals surface area contributed by atoms with Gasteiger partial charge in [0.2, 0.25) is 18.0 Å². The second-order valence-electron chi connectivity index (χ2n) is 10.5. The SMILES string of the molecule is COC(=O)OCOc1c2n(ccc1=O)N([C@@H]1c3ccccc3-c3c(ccn3C)-c3c1ccc(F)c3F)[C@@H]1COCCN1C2=O. The number of ether oxygens (including phenoxy) is 4. The van der Waals surface area contributed by atoms with Crippen molar-refractivity contribution in [3.63, 3.8) is 0 Å². The zero-order valence-electron chi connectivity index (χ0n) is 23.7. The summed E-state index contributed by atoms with van der Waals surface area (Å²) < 4.78 is 54.9. The number of carbonyl (C=O) groups excluding carboxylic acids is 2. The molecule has 1 saturated heterocycles. The summed E-state index contributed by atoms with van der Waals surface area (Å²) in [6, 6.07) is 12.4. The average Bonchev–Trinajstić information content (AvgIpc) is 3.36. The molecule has 13 heteroatoms. The van der Waals surface area contributed by atoms with Crippen molar-refractivity contribution in [3.8, 4) is 28.1 Å². The van der Waals surface area contributed by atoms with Gasteiger partial charge >= 0.3 is 6.16 Å². The molecule has 0 bridgehead atoms. The minimum atomic E-state index is -1.03. The van der Waals surface area contributed by atoms with Crippen molar-refractivity contribution in [1.29, 1.82) is 0 Å². The Morgan fingerprint density at radius 1 is 1.00 bits per heavy atom. The first kappa shape index (κ1) is 27.7. The Morgan fingerprint density at radius 3 is 2.64 bits per heavy atom. The van der Waals surface area contributed by atoms with Crippen LogP contribution in [0.2, 0.25) is 0 Å². The molecule has 0 saturated carbocycles. The second kappa shape index (κ2) is 10.5. The first-order valence-corrected chi connectivity index (χ1v) is 13.8. The summed E-state index contributed by atoms with van der Waals surface area (Å²) in [4.78, 5) is 40.2. The Morgan fingerprint density at radius 2 is 1.82 bits per heavy atom. The van der Waals surface area contributed by atoms with Gasteiger partial charge in [-0.2, -0.15) is 0 Å². The van der Waals surface area contributed by atoms with E-state index in [0.717, 1.165) is 24.3 Å². The van der Waals surface area contributed by atoms with Gasteiger partial charge in [0.1, 0.15) is 6.17 Å². The number of hydrogen-bond donors (Lipinski definition) is 0. The van der Waals surface area contributed by atoms with E-state index < -0.39 is 48.1 Å². The maximum Gasteiger partial charge on any atom is 0.510 e. The quantitative estimate of drug-likeness (QED) is 0.256. The number of aromatic nitrogens is 2. The fraction of sp³-hybridized carbons (Fsp3) is 0.258. The van der Waals surface area contributed by atoms with Gasteiger partial charge < -0.3 is 28.4 Å². The molecule has 1 aliphatic carbocycles. The average molecular weight is 605 g/mol. The van der Waals surface area contributed by atoms with Crippen LogP contribution in [-0.4, -0.2) is 66.0 Å². The maximum atomic E-state index is 15.9. The van der Waals surface area contributed by atoms with Crippen LogP contribution in [0.4, 0.5) is 13.6 Å². The number of carbonyl (C=O) groups is 2. The molecule has 0 N–H and O–H groups in total. The van der Waals surface area contributed by atoms with Gasteiger partial charge in [-0.05, 0) is 23.3 Å². The predicted molar refractivity (Wildman–Crippen MR) is 152 cm³/mol. The molecule has 0 radical (unpaired) electrons. The summed E-state index contributed by atoms with van der Waals surface area (Å²) in [6.07, 6.45) is 1.50. The van der Waals surface area contributed by atoms with Crippen molar-refractivity contribution >= 4 is 12.1 Å². The number of methoxy groups -OCH3 is 1. The lowest BCUT2D eigenvalue weighted by molar-refractivity contribution is -0.0208. The maximum absolute atomic E-state index is 15.9. The topological polar surface area (TPSA) is 104 Å². The van der Waals surface area contributed by atoms with Crippen molar-refractivity contribution in [2.45, 2.75) is 12.2 Å². The third kappa shape index (κ3) is 4.07. The van der Waals surface area contributed by atoms with E-state index in [9.17, 15) is 18.8 Å². The molecule has 3 aliphatic rings. The van der Waals surface area contributed by atoms with Crippen LogP contribution in [0.3, 0.4) is 0 Å². The van der Waals surface area contributed by atoms with Crippen LogP contribution in [0, 0.1) is 11.6 Å². The van der Waals surface area contributed by atoms with Crippen LogP contribution in [0.1, 0.15) is 27.7 Å². The molecule has 1 fully saturated rings. The van der Waals surface area contributed by atoms with E-state index in [1.807, 2.05) is 40.9 Å². The smallest absolute Gasteiger partial charge is 0.451 e. The molecule has 7 rings (SSSR count). The van der Waals surface area contributed by atoms with Crippen molar-refractivity contribution in [2.75, 3.05) is 38.7 Å². The summed E-state index contributed by atoms with van der Waals surface area (Å²) in [6.45, 7) is -0.143. The summed E-state index contributed by atoms with van der Waals surface area (Å²) in [5.74, 6) is -2.84. The minimum Gasteiger partial charge on any atom is -0.451 e. The Kier molecular flexibility index (Phi) is 6.61. The molecule has 1 amide bonds. The number of morpholine rings is 1. The number of amides is 1. The van der Waals surface area contributed by atoms with E-state index >= 15 is 4.39 Å². The third-order valence-corrected chi connectivity index (χ3v) is 8.24. The van der Waals surface area contributed by atoms with Crippen LogP contribution >= 0.6 is 0 Å². The summed E-state index contributed by atoms with van der Waals surface area (Å²) in [5, 5.41) is 1.82. The van der Waals surface area contributed by atoms with Gasteiger partial charge in [0.25, 0.3) is 5.91 Å². The number of pyridine rings is 1. The third-order valence-electron chi connectivity index (χ3n) is 8.24. The second-order valence-corrected chi connectivity index (χ2v) is 10.5. The van der Waals surface area contributed by atoms with Gasteiger partial charge in [-0.25, -0.2) is 13.6 Å². The van der Waals surface area contributed by atoms with E-state index in [0.29, 0.717) is 16.8 Å². The van der Waals surface area contributed by atoms with Gasteiger partial charge in [-0.15, -0.1) is 0 Å². The molecule has 4 aromatic rings. The number of nitrogens with zero attached hydrogens (tertiary/aromatic N) is 4. The lowest BCUT2D eigenvalue weighted by Gasteiger charge is -2.51. The lowest BCUT2D eigenvalue weighted by Crippen LogP contribution is -2.66. The van der Waals surface area contributed by atoms with Crippen LogP contribution in [0.25, 0.3) is 22.4 Å². The monoisotopic (exact) mass is 604 g/mol. The highest BCUT2D eigenvalue weighted by Crippen LogP contribution is 2.49. The van der Waals surface area contributed by atoms with Gasteiger partial charge in [-0.3, -0.25) is 19.3 Å². The normalized spacial score (nSPS) is 18.3. The van der Waals surface area contributed by atoms with Crippen LogP contribution in [-0.2, 0) is 21.3 Å². The summed E-state index contributed by atoms with van der Waals surface area (Å²) >= 11 is 0. The van der Waals surface area contributed by atoms with Crippen LogP contribution in [0.15, 0.2) is 65.7 Å². The van der Waals surface area contributed by atoms with Crippen LogP contribution in [0.5, 0.6) is 5.75 Å². The van der Waals surface area contributed by atoms with Gasteiger partial charge in [0.05, 0.1) is 32.1 Å². The van der Waals surface area contributed by atoms with Crippen molar-refractivity contribution in [2.24, 2.45) is 7.05 Å². The number of fused-ring (bicyclic) bond motifs is 7. The largest absolute Gasteiger partial charge is 0.510 e. The molecular weight excluding hydrogens is 578 g/mol. The standard InChI is InChI=1S/C31H26F2N4O7/c1-34-11-9-20-24-19(7-8-21(32)25(24)33)27(18-6-4-3-5-17(18)26(20)34)37-23-15-42-14-13-35(23)30(39)28-29(22(38)10-12-36(28)37)43-16-44-31(40)41-2/h3-12,23,27H,13-16H2,1-2H3/t23-,27-/m1/s1. The fourth-order valence-corrected chi connectivity index (χ4v) is 6.39. The molecule has 11 nitrogen and oxygen atoms in total. The Bertz CT molecular complexity index is 1890. The molecule has 0 unspecified atom stereocenters. The first-order chi connectivity index (χ1) is 21.3. The van der Waals surface area contributed by atoms with Gasteiger partial charge in [-0.1, -0.05) is 30.3 Å².